The molecule has 0 bridgehead atoms. The fourth-order valence-electron chi connectivity index (χ4n) is 2.28. The third-order valence-electron chi connectivity index (χ3n) is 3.39. The summed E-state index contributed by atoms with van der Waals surface area (Å²) in [7, 11) is 3.13. The van der Waals surface area contributed by atoms with Gasteiger partial charge in [-0.05, 0) is 24.3 Å². The molecule has 0 atom stereocenters. The maximum Gasteiger partial charge on any atom is 0.402 e. The van der Waals surface area contributed by atoms with Crippen LogP contribution in [0.15, 0.2) is 46.9 Å². The van der Waals surface area contributed by atoms with E-state index < -0.39 is 0 Å². The van der Waals surface area contributed by atoms with Crippen molar-refractivity contribution in [1.29, 1.82) is 0 Å². The van der Waals surface area contributed by atoms with Gasteiger partial charge < -0.3 is 19.7 Å². The molecule has 1 heterocycles. The molecular weight excluding hydrogens is 284 g/mol. The summed E-state index contributed by atoms with van der Waals surface area (Å²) < 4.78 is 16.3. The van der Waals surface area contributed by atoms with Crippen LogP contribution in [-0.2, 0) is 0 Å². The summed E-state index contributed by atoms with van der Waals surface area (Å²) in [4.78, 5) is 0. The molecule has 0 aliphatic rings. The van der Waals surface area contributed by atoms with Gasteiger partial charge in [0, 0.05) is 12.1 Å². The number of aromatic hydroxyl groups is 2. The summed E-state index contributed by atoms with van der Waals surface area (Å²) in [5.74, 6) is 1.58. The predicted molar refractivity (Wildman–Crippen MR) is 82.5 cm³/mol. The Hall–Kier alpha value is -2.95. The molecular formula is C17H15O5+. The zero-order valence-corrected chi connectivity index (χ0v) is 12.2. The predicted octanol–water partition coefficient (Wildman–Crippen LogP) is 3.81. The molecule has 5 heteroatoms. The second-order valence-electron chi connectivity index (χ2n) is 4.75. The van der Waals surface area contributed by atoms with Crippen LogP contribution in [-0.4, -0.2) is 24.4 Å². The first-order valence-electron chi connectivity index (χ1n) is 6.63. The van der Waals surface area contributed by atoms with E-state index in [0.29, 0.717) is 22.5 Å². The lowest BCUT2D eigenvalue weighted by atomic mass is 10.1. The SMILES string of the molecule is COc1ccc(-c2[o+]c3cc(O)cc(O)c3cc2OC)cc1. The van der Waals surface area contributed by atoms with Crippen molar-refractivity contribution < 1.29 is 24.1 Å². The van der Waals surface area contributed by atoms with Gasteiger partial charge in [0.05, 0.1) is 25.8 Å². The Balaban J connectivity index is 2.22. The van der Waals surface area contributed by atoms with Crippen LogP contribution < -0.4 is 9.47 Å². The highest BCUT2D eigenvalue weighted by Gasteiger charge is 2.24. The molecule has 22 heavy (non-hydrogen) atoms. The van der Waals surface area contributed by atoms with Gasteiger partial charge in [0.15, 0.2) is 0 Å². The summed E-state index contributed by atoms with van der Waals surface area (Å²) in [5, 5.41) is 20.0. The van der Waals surface area contributed by atoms with Crippen molar-refractivity contribution in [3.05, 3.63) is 42.5 Å². The third-order valence-corrected chi connectivity index (χ3v) is 3.39. The highest BCUT2D eigenvalue weighted by molar-refractivity contribution is 5.88. The summed E-state index contributed by atoms with van der Waals surface area (Å²) in [6, 6.07) is 11.7. The quantitative estimate of drug-likeness (QED) is 0.720. The fraction of sp³-hybridized carbons (Fsp3) is 0.118. The molecule has 0 unspecified atom stereocenters. The Morgan fingerprint density at radius 1 is 0.909 bits per heavy atom. The van der Waals surface area contributed by atoms with Crippen molar-refractivity contribution in [3.8, 4) is 34.3 Å². The van der Waals surface area contributed by atoms with E-state index in [9.17, 15) is 10.2 Å². The Morgan fingerprint density at radius 2 is 1.64 bits per heavy atom. The zero-order chi connectivity index (χ0) is 15.7. The largest absolute Gasteiger partial charge is 0.507 e. The lowest BCUT2D eigenvalue weighted by Crippen LogP contribution is -1.90. The second-order valence-corrected chi connectivity index (χ2v) is 4.75. The fourth-order valence-corrected chi connectivity index (χ4v) is 2.28. The molecule has 2 N–H and O–H groups in total. The minimum absolute atomic E-state index is 0.0698. The molecule has 0 amide bonds. The van der Waals surface area contributed by atoms with Gasteiger partial charge in [-0.15, -0.1) is 0 Å². The topological polar surface area (TPSA) is 70.2 Å². The number of hydrogen-bond acceptors (Lipinski definition) is 4. The van der Waals surface area contributed by atoms with Gasteiger partial charge in [0.2, 0.25) is 5.75 Å². The lowest BCUT2D eigenvalue weighted by Gasteiger charge is -2.03. The van der Waals surface area contributed by atoms with E-state index >= 15 is 0 Å². The molecule has 3 aromatic rings. The number of rotatable bonds is 3. The monoisotopic (exact) mass is 299 g/mol. The van der Waals surface area contributed by atoms with Crippen LogP contribution in [0.3, 0.4) is 0 Å². The summed E-state index contributed by atoms with van der Waals surface area (Å²) in [6.07, 6.45) is 0. The number of ether oxygens (including phenoxy) is 2. The zero-order valence-electron chi connectivity index (χ0n) is 12.2. The minimum Gasteiger partial charge on any atom is -0.507 e. The second kappa shape index (κ2) is 5.44. The minimum atomic E-state index is -0.0710. The van der Waals surface area contributed by atoms with Crippen LogP contribution in [0.4, 0.5) is 0 Å². The maximum atomic E-state index is 9.91. The van der Waals surface area contributed by atoms with Crippen LogP contribution in [0.5, 0.6) is 23.0 Å². The van der Waals surface area contributed by atoms with Crippen LogP contribution in [0.25, 0.3) is 22.3 Å². The first kappa shape index (κ1) is 14.0. The third kappa shape index (κ3) is 2.37. The molecule has 112 valence electrons. The Bertz CT molecular complexity index is 825. The Labute approximate surface area is 127 Å². The van der Waals surface area contributed by atoms with Gasteiger partial charge in [0.1, 0.15) is 22.6 Å². The number of fused-ring (bicyclic) bond motifs is 1. The van der Waals surface area contributed by atoms with Crippen LogP contribution >= 0.6 is 0 Å². The average molecular weight is 299 g/mol. The van der Waals surface area contributed by atoms with Crippen LogP contribution in [0.2, 0.25) is 0 Å². The first-order valence-corrected chi connectivity index (χ1v) is 6.63. The molecule has 0 aliphatic carbocycles. The highest BCUT2D eigenvalue weighted by atomic mass is 16.5. The molecule has 0 saturated heterocycles. The van der Waals surface area contributed by atoms with Gasteiger partial charge in [-0.3, -0.25) is 0 Å². The smallest absolute Gasteiger partial charge is 0.402 e. The molecule has 0 radical (unpaired) electrons. The normalized spacial score (nSPS) is 10.6. The van der Waals surface area contributed by atoms with E-state index in [-0.39, 0.29) is 11.5 Å². The van der Waals surface area contributed by atoms with Gasteiger partial charge >= 0.3 is 11.3 Å². The molecule has 0 spiro atoms. The molecule has 5 nitrogen and oxygen atoms in total. The van der Waals surface area contributed by atoms with E-state index in [1.807, 2.05) is 24.3 Å². The van der Waals surface area contributed by atoms with Gasteiger partial charge in [0.25, 0.3) is 0 Å². The molecule has 3 rings (SSSR count). The number of phenolic OH excluding ortho intramolecular Hbond substituents is 2. The highest BCUT2D eigenvalue weighted by Crippen LogP contribution is 2.39. The van der Waals surface area contributed by atoms with Gasteiger partial charge in [-0.2, -0.15) is 0 Å². The Kier molecular flexibility index (Phi) is 3.47. The molecule has 2 aromatic carbocycles. The van der Waals surface area contributed by atoms with E-state index in [0.717, 1.165) is 11.3 Å². The molecule has 1 aromatic heterocycles. The molecule has 0 saturated carbocycles. The summed E-state index contributed by atoms with van der Waals surface area (Å²) in [6.45, 7) is 0. The Morgan fingerprint density at radius 3 is 2.27 bits per heavy atom. The van der Waals surface area contributed by atoms with Gasteiger partial charge in [-0.25, -0.2) is 4.42 Å². The maximum absolute atomic E-state index is 9.91. The lowest BCUT2D eigenvalue weighted by molar-refractivity contribution is 0.401. The average Bonchev–Trinajstić information content (AvgIpc) is 2.53. The summed E-state index contributed by atoms with van der Waals surface area (Å²) in [5.41, 5.74) is 1.16. The van der Waals surface area contributed by atoms with Crippen molar-refractivity contribution in [2.75, 3.05) is 14.2 Å². The number of benzene rings is 2. The van der Waals surface area contributed by atoms with Crippen LogP contribution in [0.1, 0.15) is 0 Å². The van der Waals surface area contributed by atoms with Gasteiger partial charge in [-0.1, -0.05) is 0 Å². The van der Waals surface area contributed by atoms with Crippen molar-refractivity contribution >= 4 is 11.0 Å². The van der Waals surface area contributed by atoms with Crippen molar-refractivity contribution in [1.82, 2.24) is 0 Å². The number of phenols is 2. The van der Waals surface area contributed by atoms with E-state index in [2.05, 4.69) is 0 Å². The first-order chi connectivity index (χ1) is 10.6. The van der Waals surface area contributed by atoms with Crippen molar-refractivity contribution in [3.63, 3.8) is 0 Å². The number of hydrogen-bond donors (Lipinski definition) is 2. The standard InChI is InChI=1S/C17H14O5/c1-20-12-5-3-10(4-6-12)17-16(21-2)9-13-14(19)7-11(18)8-15(13)22-17/h3-9H,1-2H3,(H-,18,19)/p+1. The van der Waals surface area contributed by atoms with E-state index in [1.54, 1.807) is 13.2 Å². The summed E-state index contributed by atoms with van der Waals surface area (Å²) >= 11 is 0. The van der Waals surface area contributed by atoms with E-state index in [4.69, 9.17) is 13.9 Å². The molecule has 0 fully saturated rings. The van der Waals surface area contributed by atoms with Crippen LogP contribution in [0, 0.1) is 0 Å². The number of methoxy groups -OCH3 is 2. The van der Waals surface area contributed by atoms with E-state index in [1.165, 1.54) is 19.2 Å². The van der Waals surface area contributed by atoms with Crippen molar-refractivity contribution in [2.45, 2.75) is 0 Å². The van der Waals surface area contributed by atoms with Crippen molar-refractivity contribution in [2.24, 2.45) is 0 Å². The molecule has 0 aliphatic heterocycles.